The molecule has 0 radical (unpaired) electrons. The van der Waals surface area contributed by atoms with Crippen LogP contribution in [0.1, 0.15) is 25.7 Å². The Morgan fingerprint density at radius 1 is 1.23 bits per heavy atom. The van der Waals surface area contributed by atoms with Crippen LogP contribution in [0.3, 0.4) is 0 Å². The highest BCUT2D eigenvalue weighted by Gasteiger charge is 2.47. The van der Waals surface area contributed by atoms with Gasteiger partial charge in [-0.05, 0) is 37.5 Å². The van der Waals surface area contributed by atoms with Crippen molar-refractivity contribution >= 4 is 21.8 Å². The molecule has 5 atom stereocenters. The highest BCUT2D eigenvalue weighted by Crippen LogP contribution is 2.47. The van der Waals surface area contributed by atoms with E-state index in [-0.39, 0.29) is 5.92 Å². The molecule has 4 bridgehead atoms. The van der Waals surface area contributed by atoms with E-state index >= 15 is 0 Å². The summed E-state index contributed by atoms with van der Waals surface area (Å²) in [6.07, 6.45) is 4.90. The fourth-order valence-electron chi connectivity index (χ4n) is 3.43. The van der Waals surface area contributed by atoms with Gasteiger partial charge in [0.05, 0.1) is 5.92 Å². The molecule has 4 aliphatic rings. The van der Waals surface area contributed by atoms with E-state index in [0.717, 1.165) is 18.3 Å². The van der Waals surface area contributed by atoms with Gasteiger partial charge in [0.2, 0.25) is 5.91 Å². The fourth-order valence-corrected chi connectivity index (χ4v) is 4.32. The van der Waals surface area contributed by atoms with Gasteiger partial charge in [-0.25, -0.2) is 0 Å². The minimum Gasteiger partial charge on any atom is -0.353 e. The van der Waals surface area contributed by atoms with Crippen molar-refractivity contribution < 1.29 is 4.79 Å². The summed E-state index contributed by atoms with van der Waals surface area (Å²) in [5.41, 5.74) is 0. The molecular formula is C10H14BrNO. The molecule has 4 unspecified atom stereocenters. The lowest BCUT2D eigenvalue weighted by atomic mass is 9.68. The topological polar surface area (TPSA) is 29.1 Å². The first-order chi connectivity index (χ1) is 6.24. The molecule has 2 aliphatic carbocycles. The van der Waals surface area contributed by atoms with Gasteiger partial charge < -0.3 is 5.32 Å². The van der Waals surface area contributed by atoms with Crippen LogP contribution in [0.15, 0.2) is 0 Å². The molecular weight excluding hydrogens is 230 g/mol. The summed E-state index contributed by atoms with van der Waals surface area (Å²) in [7, 11) is 0. The van der Waals surface area contributed by atoms with Gasteiger partial charge in [-0.2, -0.15) is 0 Å². The van der Waals surface area contributed by atoms with Crippen molar-refractivity contribution in [3.8, 4) is 0 Å². The summed E-state index contributed by atoms with van der Waals surface area (Å²) in [6, 6.07) is 0.490. The van der Waals surface area contributed by atoms with Crippen molar-refractivity contribution in [2.75, 3.05) is 0 Å². The second kappa shape index (κ2) is 2.72. The summed E-state index contributed by atoms with van der Waals surface area (Å²) in [6.45, 7) is 0. The smallest absolute Gasteiger partial charge is 0.224 e. The van der Waals surface area contributed by atoms with E-state index in [1.54, 1.807) is 0 Å². The number of carbonyl (C=O) groups is 1. The molecule has 2 nitrogen and oxygen atoms in total. The second-order valence-electron chi connectivity index (χ2n) is 4.83. The zero-order valence-electron chi connectivity index (χ0n) is 7.50. The number of rotatable bonds is 0. The highest BCUT2D eigenvalue weighted by atomic mass is 79.9. The molecule has 1 N–H and O–H groups in total. The molecule has 4 rings (SSSR count). The van der Waals surface area contributed by atoms with Gasteiger partial charge in [0.25, 0.3) is 0 Å². The van der Waals surface area contributed by atoms with Gasteiger partial charge in [-0.1, -0.05) is 15.9 Å². The lowest BCUT2D eigenvalue weighted by molar-refractivity contribution is -0.125. The van der Waals surface area contributed by atoms with Crippen molar-refractivity contribution in [1.29, 1.82) is 0 Å². The maximum Gasteiger partial charge on any atom is 0.224 e. The SMILES string of the molecule is O=C1NC2CC3CC(C2)[C@H](Br)C1C3. The Labute approximate surface area is 86.6 Å². The number of carbonyl (C=O) groups excluding carboxylic acids is 1. The summed E-state index contributed by atoms with van der Waals surface area (Å²) in [5.74, 6) is 2.13. The second-order valence-corrected chi connectivity index (χ2v) is 5.88. The number of amides is 1. The minimum atomic E-state index is 0.260. The maximum absolute atomic E-state index is 11.7. The molecule has 0 aromatic heterocycles. The van der Waals surface area contributed by atoms with Crippen LogP contribution in [-0.2, 0) is 4.79 Å². The zero-order chi connectivity index (χ0) is 9.00. The third-order valence-corrected chi connectivity index (χ3v) is 5.33. The van der Waals surface area contributed by atoms with Crippen molar-refractivity contribution in [2.24, 2.45) is 17.8 Å². The molecule has 2 saturated heterocycles. The standard InChI is InChI=1S/C10H14BrNO/c11-9-6-1-5-2-7(4-6)12-10(13)8(9)3-5/h5-9H,1-4H2,(H,12,13)/t5?,6?,7?,8?,9-/m0/s1. The lowest BCUT2D eigenvalue weighted by Gasteiger charge is -2.40. The van der Waals surface area contributed by atoms with Crippen LogP contribution in [0.2, 0.25) is 0 Å². The van der Waals surface area contributed by atoms with E-state index in [1.165, 1.54) is 19.3 Å². The highest BCUT2D eigenvalue weighted by molar-refractivity contribution is 9.09. The van der Waals surface area contributed by atoms with E-state index in [2.05, 4.69) is 21.2 Å². The van der Waals surface area contributed by atoms with Crippen LogP contribution in [0.4, 0.5) is 0 Å². The predicted molar refractivity (Wildman–Crippen MR) is 53.6 cm³/mol. The fraction of sp³-hybridized carbons (Fsp3) is 0.900. The van der Waals surface area contributed by atoms with Gasteiger partial charge >= 0.3 is 0 Å². The van der Waals surface area contributed by atoms with Gasteiger partial charge in [0, 0.05) is 10.9 Å². The van der Waals surface area contributed by atoms with Crippen LogP contribution >= 0.6 is 15.9 Å². The molecule has 0 aromatic rings. The Bertz CT molecular complexity index is 255. The van der Waals surface area contributed by atoms with Gasteiger partial charge in [-0.15, -0.1) is 0 Å². The van der Waals surface area contributed by atoms with E-state index in [0.29, 0.717) is 16.8 Å². The molecule has 2 heterocycles. The van der Waals surface area contributed by atoms with Crippen molar-refractivity contribution in [3.05, 3.63) is 0 Å². The first-order valence-corrected chi connectivity index (χ1v) is 6.10. The predicted octanol–water partition coefficient (Wildman–Crippen LogP) is 1.68. The van der Waals surface area contributed by atoms with E-state index in [4.69, 9.17) is 0 Å². The number of hydrogen-bond donors (Lipinski definition) is 1. The summed E-state index contributed by atoms with van der Waals surface area (Å²) in [5, 5.41) is 3.16. The molecule has 0 aromatic carbocycles. The summed E-state index contributed by atoms with van der Waals surface area (Å²) >= 11 is 3.71. The van der Waals surface area contributed by atoms with Crippen molar-refractivity contribution in [3.63, 3.8) is 0 Å². The molecule has 0 spiro atoms. The lowest BCUT2D eigenvalue weighted by Crippen LogP contribution is -2.38. The summed E-state index contributed by atoms with van der Waals surface area (Å²) < 4.78 is 0. The Kier molecular flexibility index (Phi) is 1.73. The quantitative estimate of drug-likeness (QED) is 0.645. The largest absolute Gasteiger partial charge is 0.353 e. The number of nitrogens with one attached hydrogen (secondary N) is 1. The Balaban J connectivity index is 1.99. The Morgan fingerprint density at radius 3 is 2.92 bits per heavy atom. The third-order valence-electron chi connectivity index (χ3n) is 3.95. The van der Waals surface area contributed by atoms with E-state index in [9.17, 15) is 4.79 Å². The maximum atomic E-state index is 11.7. The van der Waals surface area contributed by atoms with Crippen LogP contribution in [-0.4, -0.2) is 16.8 Å². The van der Waals surface area contributed by atoms with Crippen molar-refractivity contribution in [2.45, 2.75) is 36.6 Å². The number of alkyl halides is 1. The van der Waals surface area contributed by atoms with Crippen LogP contribution in [0, 0.1) is 17.8 Å². The van der Waals surface area contributed by atoms with Crippen LogP contribution in [0.25, 0.3) is 0 Å². The normalized spacial score (nSPS) is 53.3. The van der Waals surface area contributed by atoms with Crippen LogP contribution < -0.4 is 5.32 Å². The first-order valence-electron chi connectivity index (χ1n) is 5.18. The Morgan fingerprint density at radius 2 is 2.08 bits per heavy atom. The molecule has 1 amide bonds. The average molecular weight is 244 g/mol. The number of hydrogen-bond acceptors (Lipinski definition) is 1. The van der Waals surface area contributed by atoms with Gasteiger partial charge in [0.1, 0.15) is 0 Å². The first kappa shape index (κ1) is 8.27. The molecule has 72 valence electrons. The van der Waals surface area contributed by atoms with Crippen molar-refractivity contribution in [1.82, 2.24) is 5.32 Å². The Hall–Kier alpha value is -0.0500. The number of fused-ring (bicyclic) bond motifs is 1. The molecule has 4 fully saturated rings. The van der Waals surface area contributed by atoms with Gasteiger partial charge in [0.15, 0.2) is 0 Å². The zero-order valence-corrected chi connectivity index (χ0v) is 9.09. The van der Waals surface area contributed by atoms with E-state index in [1.807, 2.05) is 0 Å². The monoisotopic (exact) mass is 243 g/mol. The molecule has 3 heteroatoms. The molecule has 2 aliphatic heterocycles. The molecule has 2 saturated carbocycles. The van der Waals surface area contributed by atoms with Crippen LogP contribution in [0.5, 0.6) is 0 Å². The number of halogens is 1. The van der Waals surface area contributed by atoms with E-state index < -0.39 is 0 Å². The third kappa shape index (κ3) is 1.16. The summed E-state index contributed by atoms with van der Waals surface area (Å²) in [4.78, 5) is 12.2. The average Bonchev–Trinajstić information content (AvgIpc) is 2.24. The van der Waals surface area contributed by atoms with Gasteiger partial charge in [-0.3, -0.25) is 4.79 Å². The molecule has 13 heavy (non-hydrogen) atoms. The minimum absolute atomic E-state index is 0.260.